The summed E-state index contributed by atoms with van der Waals surface area (Å²) in [6.07, 6.45) is 1.42. The molecule has 0 aliphatic rings. The van der Waals surface area contributed by atoms with E-state index in [0.29, 0.717) is 21.4 Å². The van der Waals surface area contributed by atoms with Gasteiger partial charge in [0.1, 0.15) is 5.15 Å². The van der Waals surface area contributed by atoms with Crippen LogP contribution in [0.2, 0.25) is 10.2 Å². The average molecular weight is 360 g/mol. The van der Waals surface area contributed by atoms with E-state index < -0.39 is 0 Å². The second-order valence-electron chi connectivity index (χ2n) is 3.90. The Hall–Kier alpha value is -1.10. The molecule has 0 aliphatic carbocycles. The van der Waals surface area contributed by atoms with Crippen molar-refractivity contribution in [2.75, 3.05) is 5.32 Å². The van der Waals surface area contributed by atoms with Crippen molar-refractivity contribution in [2.24, 2.45) is 0 Å². The molecule has 98 valence electrons. The van der Waals surface area contributed by atoms with Gasteiger partial charge < -0.3 is 5.32 Å². The Morgan fingerprint density at radius 1 is 1.32 bits per heavy atom. The molecule has 0 fully saturated rings. The van der Waals surface area contributed by atoms with E-state index in [1.165, 1.54) is 6.20 Å². The van der Waals surface area contributed by atoms with E-state index >= 15 is 0 Å². The highest BCUT2D eigenvalue weighted by Gasteiger charge is 2.10. The molecular formula is C13H9BrCl2N2O. The summed E-state index contributed by atoms with van der Waals surface area (Å²) in [5.74, 6) is -0.273. The molecule has 0 spiro atoms. The van der Waals surface area contributed by atoms with Gasteiger partial charge in [-0.1, -0.05) is 23.2 Å². The first-order chi connectivity index (χ1) is 8.97. The molecule has 1 aromatic carbocycles. The number of aryl methyl sites for hydroxylation is 1. The molecule has 0 unspecified atom stereocenters. The summed E-state index contributed by atoms with van der Waals surface area (Å²) in [7, 11) is 0. The number of benzene rings is 1. The van der Waals surface area contributed by atoms with Crippen molar-refractivity contribution in [3.8, 4) is 0 Å². The number of nitrogens with zero attached hydrogens (tertiary/aromatic N) is 1. The second-order valence-corrected chi connectivity index (χ2v) is 5.55. The third-order valence-electron chi connectivity index (χ3n) is 2.49. The number of nitrogens with one attached hydrogen (secondary N) is 1. The Labute approximate surface area is 129 Å². The predicted octanol–water partition coefficient (Wildman–Crippen LogP) is 4.71. The SMILES string of the molecule is Cc1cc(Br)c(NC(=O)c2ccc(Cl)nc2)cc1Cl. The van der Waals surface area contributed by atoms with Crippen LogP contribution in [0.5, 0.6) is 0 Å². The lowest BCUT2D eigenvalue weighted by Crippen LogP contribution is -2.12. The fourth-order valence-corrected chi connectivity index (χ4v) is 2.28. The zero-order valence-electron chi connectivity index (χ0n) is 9.88. The van der Waals surface area contributed by atoms with E-state index in [4.69, 9.17) is 23.2 Å². The average Bonchev–Trinajstić information content (AvgIpc) is 2.36. The summed E-state index contributed by atoms with van der Waals surface area (Å²) in [6.45, 7) is 1.89. The molecule has 19 heavy (non-hydrogen) atoms. The van der Waals surface area contributed by atoms with Crippen LogP contribution in [0, 0.1) is 6.92 Å². The largest absolute Gasteiger partial charge is 0.321 e. The predicted molar refractivity (Wildman–Crippen MR) is 81.1 cm³/mol. The van der Waals surface area contributed by atoms with Gasteiger partial charge >= 0.3 is 0 Å². The van der Waals surface area contributed by atoms with Crippen molar-refractivity contribution < 1.29 is 4.79 Å². The molecule has 1 amide bonds. The molecule has 3 nitrogen and oxygen atoms in total. The lowest BCUT2D eigenvalue weighted by molar-refractivity contribution is 0.102. The first-order valence-corrected chi connectivity index (χ1v) is 6.91. The maximum Gasteiger partial charge on any atom is 0.257 e. The Balaban J connectivity index is 2.24. The van der Waals surface area contributed by atoms with Crippen LogP contribution in [0.4, 0.5) is 5.69 Å². The van der Waals surface area contributed by atoms with Crippen LogP contribution >= 0.6 is 39.1 Å². The second kappa shape index (κ2) is 5.90. The maximum absolute atomic E-state index is 12.0. The van der Waals surface area contributed by atoms with E-state index in [2.05, 4.69) is 26.2 Å². The van der Waals surface area contributed by atoms with Crippen LogP contribution in [0.3, 0.4) is 0 Å². The molecule has 1 N–H and O–H groups in total. The zero-order chi connectivity index (χ0) is 14.0. The highest BCUT2D eigenvalue weighted by atomic mass is 79.9. The molecule has 2 rings (SSSR count). The summed E-state index contributed by atoms with van der Waals surface area (Å²) in [5, 5.41) is 3.69. The van der Waals surface area contributed by atoms with Gasteiger partial charge in [0.15, 0.2) is 0 Å². The summed E-state index contributed by atoms with van der Waals surface area (Å²) in [5.41, 5.74) is 1.96. The van der Waals surface area contributed by atoms with Crippen molar-refractivity contribution in [3.63, 3.8) is 0 Å². The number of carbonyl (C=O) groups excluding carboxylic acids is 1. The quantitative estimate of drug-likeness (QED) is 0.789. The number of aromatic nitrogens is 1. The molecule has 2 aromatic rings. The van der Waals surface area contributed by atoms with Gasteiger partial charge in [-0.15, -0.1) is 0 Å². The molecular weight excluding hydrogens is 351 g/mol. The Morgan fingerprint density at radius 2 is 2.05 bits per heavy atom. The van der Waals surface area contributed by atoms with Crippen LogP contribution in [0.15, 0.2) is 34.9 Å². The van der Waals surface area contributed by atoms with E-state index in [9.17, 15) is 4.79 Å². The van der Waals surface area contributed by atoms with Crippen LogP contribution in [-0.2, 0) is 0 Å². The number of hydrogen-bond donors (Lipinski definition) is 1. The molecule has 0 radical (unpaired) electrons. The monoisotopic (exact) mass is 358 g/mol. The van der Waals surface area contributed by atoms with Gasteiger partial charge in [0.25, 0.3) is 5.91 Å². The number of carbonyl (C=O) groups is 1. The summed E-state index contributed by atoms with van der Waals surface area (Å²) in [6, 6.07) is 6.71. The lowest BCUT2D eigenvalue weighted by Gasteiger charge is -2.09. The number of anilines is 1. The fraction of sp³-hybridized carbons (Fsp3) is 0.0769. The van der Waals surface area contributed by atoms with Gasteiger partial charge in [0.2, 0.25) is 0 Å². The van der Waals surface area contributed by atoms with Gasteiger partial charge in [-0.25, -0.2) is 4.98 Å². The van der Waals surface area contributed by atoms with E-state index in [0.717, 1.165) is 10.0 Å². The third kappa shape index (κ3) is 3.47. The number of rotatable bonds is 2. The molecule has 1 heterocycles. The number of halogens is 3. The third-order valence-corrected chi connectivity index (χ3v) is 3.77. The number of amides is 1. The van der Waals surface area contributed by atoms with E-state index in [1.807, 2.05) is 13.0 Å². The van der Waals surface area contributed by atoms with Gasteiger partial charge in [-0.3, -0.25) is 4.79 Å². The maximum atomic E-state index is 12.0. The molecule has 0 saturated carbocycles. The molecule has 1 aromatic heterocycles. The molecule has 0 saturated heterocycles. The highest BCUT2D eigenvalue weighted by molar-refractivity contribution is 9.10. The number of hydrogen-bond acceptors (Lipinski definition) is 2. The molecule has 0 bridgehead atoms. The Kier molecular flexibility index (Phi) is 4.45. The van der Waals surface area contributed by atoms with Crippen molar-refractivity contribution >= 4 is 50.7 Å². The van der Waals surface area contributed by atoms with Crippen molar-refractivity contribution in [1.29, 1.82) is 0 Å². The van der Waals surface area contributed by atoms with Crippen molar-refractivity contribution in [2.45, 2.75) is 6.92 Å². The smallest absolute Gasteiger partial charge is 0.257 e. The van der Waals surface area contributed by atoms with Gasteiger partial charge in [-0.2, -0.15) is 0 Å². The highest BCUT2D eigenvalue weighted by Crippen LogP contribution is 2.29. The van der Waals surface area contributed by atoms with E-state index in [-0.39, 0.29) is 5.91 Å². The Morgan fingerprint density at radius 3 is 2.68 bits per heavy atom. The van der Waals surface area contributed by atoms with Gasteiger partial charge in [0, 0.05) is 15.7 Å². The fourth-order valence-electron chi connectivity index (χ4n) is 1.45. The minimum Gasteiger partial charge on any atom is -0.321 e. The van der Waals surface area contributed by atoms with Crippen molar-refractivity contribution in [1.82, 2.24) is 4.98 Å². The molecule has 6 heteroatoms. The summed E-state index contributed by atoms with van der Waals surface area (Å²) in [4.78, 5) is 15.9. The van der Waals surface area contributed by atoms with Crippen LogP contribution in [0.25, 0.3) is 0 Å². The molecule has 0 atom stereocenters. The van der Waals surface area contributed by atoms with Crippen LogP contribution in [-0.4, -0.2) is 10.9 Å². The lowest BCUT2D eigenvalue weighted by atomic mass is 10.2. The minimum atomic E-state index is -0.273. The Bertz CT molecular complexity index is 629. The number of pyridine rings is 1. The minimum absolute atomic E-state index is 0.273. The van der Waals surface area contributed by atoms with Crippen LogP contribution < -0.4 is 5.32 Å². The van der Waals surface area contributed by atoms with Crippen LogP contribution in [0.1, 0.15) is 15.9 Å². The summed E-state index contributed by atoms with van der Waals surface area (Å²) < 4.78 is 0.768. The standard InChI is InChI=1S/C13H9BrCl2N2O/c1-7-4-9(14)11(5-10(7)15)18-13(19)8-2-3-12(16)17-6-8/h2-6H,1H3,(H,18,19). The summed E-state index contributed by atoms with van der Waals surface area (Å²) >= 11 is 15.1. The topological polar surface area (TPSA) is 42.0 Å². The first-order valence-electron chi connectivity index (χ1n) is 5.36. The van der Waals surface area contributed by atoms with Crippen molar-refractivity contribution in [3.05, 3.63) is 56.2 Å². The zero-order valence-corrected chi connectivity index (χ0v) is 13.0. The van der Waals surface area contributed by atoms with Gasteiger partial charge in [-0.05, 0) is 52.7 Å². The first kappa shape index (κ1) is 14.3. The molecule has 0 aliphatic heterocycles. The van der Waals surface area contributed by atoms with Gasteiger partial charge in [0.05, 0.1) is 11.3 Å². The van der Waals surface area contributed by atoms with E-state index in [1.54, 1.807) is 18.2 Å². The normalized spacial score (nSPS) is 10.3.